The Balaban J connectivity index is 1.79. The van der Waals surface area contributed by atoms with Gasteiger partial charge in [0.25, 0.3) is 5.88 Å². The third-order valence-corrected chi connectivity index (χ3v) is 4.12. The monoisotopic (exact) mass is 440 g/mol. The third-order valence-electron chi connectivity index (χ3n) is 4.12. The number of hydrogen-bond acceptors (Lipinski definition) is 10. The molecule has 1 aromatic heterocycles. The number of nitrogens with zero attached hydrogens (tertiary/aromatic N) is 3. The van der Waals surface area contributed by atoms with Crippen LogP contribution < -0.4 is 25.6 Å². The Hall–Kier alpha value is -3.51. The maximum Gasteiger partial charge on any atom is 0.407 e. The van der Waals surface area contributed by atoms with Crippen molar-refractivity contribution in [3.63, 3.8) is 0 Å². The van der Waals surface area contributed by atoms with Crippen LogP contribution in [0.4, 0.5) is 10.7 Å². The van der Waals surface area contributed by atoms with Crippen LogP contribution in [-0.4, -0.2) is 80.1 Å². The molecule has 0 spiro atoms. The summed E-state index contributed by atoms with van der Waals surface area (Å²) in [6.07, 6.45) is 1.66. The number of nitrogens with one attached hydrogen (secondary N) is 3. The van der Waals surface area contributed by atoms with Gasteiger partial charge in [0, 0.05) is 13.1 Å². The van der Waals surface area contributed by atoms with Crippen LogP contribution in [0.2, 0.25) is 0 Å². The maximum atomic E-state index is 11.7. The van der Waals surface area contributed by atoms with Crippen molar-refractivity contribution >= 4 is 30.3 Å². The molecule has 1 aliphatic heterocycles. The minimum absolute atomic E-state index is 0.0139. The average molecular weight is 440 g/mol. The molecule has 2 rings (SSSR count). The molecule has 0 fully saturated rings. The predicted octanol–water partition coefficient (Wildman–Crippen LogP) is -0.0654. The van der Waals surface area contributed by atoms with Gasteiger partial charge in [0.15, 0.2) is 5.96 Å². The molecular weight excluding hydrogens is 412 g/mol. The molecule has 172 valence electrons. The molecule has 1 aromatic rings. The Labute approximate surface area is 179 Å². The fourth-order valence-corrected chi connectivity index (χ4v) is 2.49. The van der Waals surface area contributed by atoms with E-state index in [-0.39, 0.29) is 24.9 Å². The van der Waals surface area contributed by atoms with Crippen LogP contribution >= 0.6 is 0 Å². The lowest BCUT2D eigenvalue weighted by atomic mass is 10.3. The van der Waals surface area contributed by atoms with Crippen molar-refractivity contribution in [3.05, 3.63) is 6.07 Å². The van der Waals surface area contributed by atoms with Crippen molar-refractivity contribution in [1.82, 2.24) is 21.1 Å². The normalized spacial score (nSPS) is 13.5. The summed E-state index contributed by atoms with van der Waals surface area (Å²) in [5.41, 5.74) is 0. The zero-order valence-electron chi connectivity index (χ0n) is 17.3. The zero-order chi connectivity index (χ0) is 22.5. The molecule has 1 unspecified atom stereocenters. The lowest BCUT2D eigenvalue weighted by Crippen LogP contribution is -2.48. The number of hydrogen-bond donors (Lipinski definition) is 4. The predicted molar refractivity (Wildman–Crippen MR) is 109 cm³/mol. The van der Waals surface area contributed by atoms with Crippen LogP contribution in [-0.2, 0) is 14.3 Å². The highest BCUT2D eigenvalue weighted by atomic mass is 16.6. The van der Waals surface area contributed by atoms with Crippen molar-refractivity contribution in [2.45, 2.75) is 32.2 Å². The first-order valence-corrected chi connectivity index (χ1v) is 10.0. The molecule has 31 heavy (non-hydrogen) atoms. The number of unbranched alkanes of at least 4 members (excludes halogenated alkanes) is 1. The Morgan fingerprint density at radius 3 is 2.94 bits per heavy atom. The SMILES string of the molecule is CCCCOC(=O)NC(CN(C=O)c1cc(OCCCNC2=NCCN2)no1)C(=O)O. The van der Waals surface area contributed by atoms with Crippen molar-refractivity contribution in [2.75, 3.05) is 44.3 Å². The molecule has 0 saturated carbocycles. The first-order chi connectivity index (χ1) is 15.0. The van der Waals surface area contributed by atoms with E-state index >= 15 is 0 Å². The lowest BCUT2D eigenvalue weighted by Gasteiger charge is -2.19. The second-order valence-electron chi connectivity index (χ2n) is 6.57. The number of carbonyl (C=O) groups excluding carboxylic acids is 2. The lowest BCUT2D eigenvalue weighted by molar-refractivity contribution is -0.139. The molecule has 0 aromatic carbocycles. The number of alkyl carbamates (subject to hydrolysis) is 1. The van der Waals surface area contributed by atoms with Crippen LogP contribution in [0.5, 0.6) is 5.88 Å². The quantitative estimate of drug-likeness (QED) is 0.227. The number of carboxylic acids is 1. The number of aromatic nitrogens is 1. The fraction of sp³-hybridized carbons (Fsp3) is 0.611. The fourth-order valence-electron chi connectivity index (χ4n) is 2.49. The number of aliphatic imine (C=N–C) groups is 1. The molecule has 0 saturated heterocycles. The summed E-state index contributed by atoms with van der Waals surface area (Å²) in [7, 11) is 0. The largest absolute Gasteiger partial charge is 0.480 e. The summed E-state index contributed by atoms with van der Waals surface area (Å²) >= 11 is 0. The Bertz CT molecular complexity index is 754. The van der Waals surface area contributed by atoms with E-state index in [1.165, 1.54) is 6.07 Å². The van der Waals surface area contributed by atoms with E-state index < -0.39 is 18.1 Å². The molecule has 1 atom stereocenters. The summed E-state index contributed by atoms with van der Waals surface area (Å²) in [6, 6.07) is -0.0323. The van der Waals surface area contributed by atoms with Gasteiger partial charge in [-0.05, 0) is 18.0 Å². The number of aliphatic carboxylic acids is 1. The Kier molecular flexibility index (Phi) is 9.91. The number of anilines is 1. The molecule has 2 amide bonds. The summed E-state index contributed by atoms with van der Waals surface area (Å²) in [4.78, 5) is 39.8. The van der Waals surface area contributed by atoms with Crippen LogP contribution in [0, 0.1) is 0 Å². The Morgan fingerprint density at radius 1 is 1.42 bits per heavy atom. The highest BCUT2D eigenvalue weighted by Crippen LogP contribution is 2.20. The van der Waals surface area contributed by atoms with Crippen LogP contribution in [0.25, 0.3) is 0 Å². The first-order valence-electron chi connectivity index (χ1n) is 10.0. The summed E-state index contributed by atoms with van der Waals surface area (Å²) in [5.74, 6) is -0.428. The molecule has 0 bridgehead atoms. The summed E-state index contributed by atoms with van der Waals surface area (Å²) < 4.78 is 15.4. The molecule has 4 N–H and O–H groups in total. The molecule has 0 radical (unpaired) electrons. The topological polar surface area (TPSA) is 168 Å². The van der Waals surface area contributed by atoms with E-state index in [1.807, 2.05) is 6.92 Å². The van der Waals surface area contributed by atoms with Gasteiger partial charge in [-0.15, -0.1) is 0 Å². The standard InChI is InChI=1S/C18H28N6O7/c1-2-3-8-30-18(28)22-13(16(26)27)11-24(12-25)15-10-14(23-31-15)29-9-4-5-19-17-20-6-7-21-17/h10,12-13H,2-9,11H2,1H3,(H,22,28)(H,26,27)(H2,19,20,21). The van der Waals surface area contributed by atoms with Crippen molar-refractivity contribution < 1.29 is 33.5 Å². The Morgan fingerprint density at radius 2 is 2.26 bits per heavy atom. The van der Waals surface area contributed by atoms with Gasteiger partial charge in [-0.2, -0.15) is 0 Å². The second kappa shape index (κ2) is 12.9. The second-order valence-corrected chi connectivity index (χ2v) is 6.57. The van der Waals surface area contributed by atoms with Crippen LogP contribution in [0.3, 0.4) is 0 Å². The van der Waals surface area contributed by atoms with Gasteiger partial charge in [-0.25, -0.2) is 9.59 Å². The highest BCUT2D eigenvalue weighted by molar-refractivity contribution is 5.83. The van der Waals surface area contributed by atoms with E-state index in [2.05, 4.69) is 26.1 Å². The van der Waals surface area contributed by atoms with E-state index in [4.69, 9.17) is 14.0 Å². The van der Waals surface area contributed by atoms with Crippen LogP contribution in [0.1, 0.15) is 26.2 Å². The molecule has 13 nitrogen and oxygen atoms in total. The third kappa shape index (κ3) is 8.40. The number of amides is 2. The summed E-state index contributed by atoms with van der Waals surface area (Å²) in [5, 5.41) is 21.5. The number of carbonyl (C=O) groups is 3. The van der Waals surface area contributed by atoms with Crippen LogP contribution in [0.15, 0.2) is 15.6 Å². The minimum atomic E-state index is -1.40. The maximum absolute atomic E-state index is 11.7. The van der Waals surface area contributed by atoms with Gasteiger partial charge in [0.1, 0.15) is 6.04 Å². The van der Waals surface area contributed by atoms with Gasteiger partial charge in [0.05, 0.1) is 32.4 Å². The van der Waals surface area contributed by atoms with Crippen molar-refractivity contribution in [2.24, 2.45) is 4.99 Å². The smallest absolute Gasteiger partial charge is 0.407 e. The molecule has 1 aliphatic rings. The van der Waals surface area contributed by atoms with Crippen molar-refractivity contribution in [3.8, 4) is 5.88 Å². The first kappa shape index (κ1) is 23.8. The summed E-state index contributed by atoms with van der Waals surface area (Å²) in [6.45, 7) is 4.30. The number of rotatable bonds is 14. The minimum Gasteiger partial charge on any atom is -0.480 e. The van der Waals surface area contributed by atoms with Gasteiger partial charge < -0.3 is 35.1 Å². The molecule has 2 heterocycles. The number of guanidine groups is 1. The van der Waals surface area contributed by atoms with Gasteiger partial charge in [0.2, 0.25) is 12.3 Å². The van der Waals surface area contributed by atoms with Gasteiger partial charge in [-0.1, -0.05) is 13.3 Å². The molecule has 13 heteroatoms. The average Bonchev–Trinajstić information content (AvgIpc) is 3.43. The van der Waals surface area contributed by atoms with E-state index in [1.54, 1.807) is 0 Å². The molecular formula is C18H28N6O7. The van der Waals surface area contributed by atoms with Crippen molar-refractivity contribution in [1.29, 1.82) is 0 Å². The zero-order valence-corrected chi connectivity index (χ0v) is 17.3. The van der Waals surface area contributed by atoms with E-state index in [9.17, 15) is 19.5 Å². The van der Waals surface area contributed by atoms with E-state index in [0.29, 0.717) is 32.4 Å². The van der Waals surface area contributed by atoms with E-state index in [0.717, 1.165) is 30.4 Å². The number of ether oxygens (including phenoxy) is 2. The van der Waals surface area contributed by atoms with Gasteiger partial charge in [-0.3, -0.25) is 14.7 Å². The molecule has 0 aliphatic carbocycles. The van der Waals surface area contributed by atoms with Gasteiger partial charge >= 0.3 is 12.1 Å². The highest BCUT2D eigenvalue weighted by Gasteiger charge is 2.26. The number of carboxylic acid groups (broad SMARTS) is 1.